The first kappa shape index (κ1) is 11.3. The number of rotatable bonds is 2. The molecule has 0 saturated carbocycles. The quantitative estimate of drug-likeness (QED) is 0.785. The first-order valence-corrected chi connectivity index (χ1v) is 5.54. The van der Waals surface area contributed by atoms with Gasteiger partial charge in [0.2, 0.25) is 0 Å². The maximum absolute atomic E-state index is 8.77. The summed E-state index contributed by atoms with van der Waals surface area (Å²) in [5.74, 6) is 0.522. The van der Waals surface area contributed by atoms with E-state index in [1.165, 1.54) is 5.56 Å². The second-order valence-corrected chi connectivity index (χ2v) is 4.22. The van der Waals surface area contributed by atoms with E-state index in [9.17, 15) is 0 Å². The first-order chi connectivity index (χ1) is 8.20. The van der Waals surface area contributed by atoms with Gasteiger partial charge in [0.15, 0.2) is 5.69 Å². The Kier molecular flexibility index (Phi) is 3.15. The molecular weight excluding hydrogens is 210 g/mol. The van der Waals surface area contributed by atoms with Gasteiger partial charge in [-0.25, -0.2) is 0 Å². The molecule has 1 heterocycles. The summed E-state index contributed by atoms with van der Waals surface area (Å²) in [6, 6.07) is 12.0. The van der Waals surface area contributed by atoms with Crippen molar-refractivity contribution in [3.05, 3.63) is 47.8 Å². The molecule has 0 aliphatic rings. The zero-order chi connectivity index (χ0) is 12.3. The van der Waals surface area contributed by atoms with Crippen molar-refractivity contribution < 1.29 is 0 Å². The van der Waals surface area contributed by atoms with Gasteiger partial charge in [-0.2, -0.15) is 10.4 Å². The van der Waals surface area contributed by atoms with E-state index in [0.29, 0.717) is 11.6 Å². The van der Waals surface area contributed by atoms with Gasteiger partial charge in [0.1, 0.15) is 6.07 Å². The third-order valence-electron chi connectivity index (χ3n) is 2.68. The minimum atomic E-state index is 0.343. The highest BCUT2D eigenvalue weighted by Crippen LogP contribution is 2.22. The molecule has 0 N–H and O–H groups in total. The topological polar surface area (TPSA) is 49.6 Å². The smallest absolute Gasteiger partial charge is 0.163 e. The summed E-state index contributed by atoms with van der Waals surface area (Å²) in [6.45, 7) is 4.33. The Morgan fingerprint density at radius 3 is 2.41 bits per heavy atom. The van der Waals surface area contributed by atoms with Gasteiger partial charge in [-0.15, -0.1) is 5.10 Å². The van der Waals surface area contributed by atoms with Crippen molar-refractivity contribution in [2.24, 2.45) is 0 Å². The molecule has 0 aliphatic carbocycles. The molecule has 84 valence electrons. The normalized spacial score (nSPS) is 10.2. The van der Waals surface area contributed by atoms with Gasteiger partial charge < -0.3 is 0 Å². The highest BCUT2D eigenvalue weighted by molar-refractivity contribution is 5.63. The molecule has 0 spiro atoms. The number of aromatic nitrogens is 2. The summed E-state index contributed by atoms with van der Waals surface area (Å²) in [7, 11) is 0. The lowest BCUT2D eigenvalue weighted by Gasteiger charge is -2.06. The van der Waals surface area contributed by atoms with Crippen molar-refractivity contribution >= 4 is 0 Å². The van der Waals surface area contributed by atoms with Crippen LogP contribution in [0.5, 0.6) is 0 Å². The molecule has 1 aromatic heterocycles. The van der Waals surface area contributed by atoms with E-state index >= 15 is 0 Å². The summed E-state index contributed by atoms with van der Waals surface area (Å²) in [5, 5.41) is 16.3. The van der Waals surface area contributed by atoms with Crippen molar-refractivity contribution in [2.45, 2.75) is 19.8 Å². The van der Waals surface area contributed by atoms with Crippen LogP contribution in [0.25, 0.3) is 11.1 Å². The number of nitriles is 1. The lowest BCUT2D eigenvalue weighted by atomic mass is 9.99. The highest BCUT2D eigenvalue weighted by atomic mass is 15.1. The Morgan fingerprint density at radius 2 is 1.82 bits per heavy atom. The van der Waals surface area contributed by atoms with Crippen LogP contribution in [0.2, 0.25) is 0 Å². The summed E-state index contributed by atoms with van der Waals surface area (Å²) >= 11 is 0. The van der Waals surface area contributed by atoms with Gasteiger partial charge in [-0.3, -0.25) is 0 Å². The number of hydrogen-bond acceptors (Lipinski definition) is 3. The van der Waals surface area contributed by atoms with Crippen LogP contribution in [0.3, 0.4) is 0 Å². The second-order valence-electron chi connectivity index (χ2n) is 4.22. The maximum atomic E-state index is 8.77. The fourth-order valence-electron chi connectivity index (χ4n) is 1.64. The minimum absolute atomic E-state index is 0.343. The van der Waals surface area contributed by atoms with Crippen LogP contribution in [0.1, 0.15) is 31.0 Å². The molecule has 0 bridgehead atoms. The number of hydrogen-bond donors (Lipinski definition) is 0. The van der Waals surface area contributed by atoms with Crippen LogP contribution < -0.4 is 0 Å². The van der Waals surface area contributed by atoms with Gasteiger partial charge in [0.05, 0.1) is 6.20 Å². The molecule has 3 heteroatoms. The molecule has 2 aromatic rings. The lowest BCUT2D eigenvalue weighted by Crippen LogP contribution is -1.90. The monoisotopic (exact) mass is 223 g/mol. The summed E-state index contributed by atoms with van der Waals surface area (Å²) in [4.78, 5) is 0. The molecule has 3 nitrogen and oxygen atoms in total. The SMILES string of the molecule is CC(C)c1ccc(-c2cnnc(C#N)c2)cc1. The molecule has 2 rings (SSSR count). The summed E-state index contributed by atoms with van der Waals surface area (Å²) in [5.41, 5.74) is 3.62. The number of benzene rings is 1. The van der Waals surface area contributed by atoms with E-state index in [0.717, 1.165) is 11.1 Å². The molecule has 0 saturated heterocycles. The predicted molar refractivity (Wildman–Crippen MR) is 66.3 cm³/mol. The zero-order valence-electron chi connectivity index (χ0n) is 9.88. The largest absolute Gasteiger partial charge is 0.191 e. The summed E-state index contributed by atoms with van der Waals surface area (Å²) in [6.07, 6.45) is 1.67. The third kappa shape index (κ3) is 2.48. The van der Waals surface area contributed by atoms with Crippen molar-refractivity contribution in [1.29, 1.82) is 5.26 Å². The molecule has 1 aromatic carbocycles. The Balaban J connectivity index is 2.37. The molecule has 0 fully saturated rings. The van der Waals surface area contributed by atoms with Gasteiger partial charge >= 0.3 is 0 Å². The average molecular weight is 223 g/mol. The average Bonchev–Trinajstić information content (AvgIpc) is 2.39. The predicted octanol–water partition coefficient (Wildman–Crippen LogP) is 3.14. The van der Waals surface area contributed by atoms with Crippen LogP contribution in [0.15, 0.2) is 36.5 Å². The van der Waals surface area contributed by atoms with Gasteiger partial charge in [-0.05, 0) is 23.1 Å². The van der Waals surface area contributed by atoms with Gasteiger partial charge in [-0.1, -0.05) is 38.1 Å². The van der Waals surface area contributed by atoms with E-state index in [-0.39, 0.29) is 0 Å². The Morgan fingerprint density at radius 1 is 1.12 bits per heavy atom. The fraction of sp³-hybridized carbons (Fsp3) is 0.214. The Hall–Kier alpha value is -2.21. The first-order valence-electron chi connectivity index (χ1n) is 5.54. The fourth-order valence-corrected chi connectivity index (χ4v) is 1.64. The van der Waals surface area contributed by atoms with E-state index in [4.69, 9.17) is 5.26 Å². The van der Waals surface area contributed by atoms with Crippen molar-refractivity contribution in [3.63, 3.8) is 0 Å². The van der Waals surface area contributed by atoms with E-state index in [1.807, 2.05) is 18.2 Å². The molecule has 0 unspecified atom stereocenters. The Labute approximate surface area is 101 Å². The van der Waals surface area contributed by atoms with Gasteiger partial charge in [0, 0.05) is 5.56 Å². The molecular formula is C14H13N3. The number of nitrogens with zero attached hydrogens (tertiary/aromatic N) is 3. The van der Waals surface area contributed by atoms with Crippen LogP contribution in [-0.4, -0.2) is 10.2 Å². The zero-order valence-corrected chi connectivity index (χ0v) is 9.88. The second kappa shape index (κ2) is 4.75. The van der Waals surface area contributed by atoms with E-state index in [1.54, 1.807) is 12.3 Å². The van der Waals surface area contributed by atoms with Crippen LogP contribution in [0, 0.1) is 11.3 Å². The molecule has 0 aliphatic heterocycles. The van der Waals surface area contributed by atoms with Crippen LogP contribution >= 0.6 is 0 Å². The lowest BCUT2D eigenvalue weighted by molar-refractivity contribution is 0.867. The standard InChI is InChI=1S/C14H13N3/c1-10(2)11-3-5-12(6-4-11)13-7-14(8-15)17-16-9-13/h3-7,9-10H,1-2H3. The molecule has 17 heavy (non-hydrogen) atoms. The van der Waals surface area contributed by atoms with Gasteiger partial charge in [0.25, 0.3) is 0 Å². The Bertz CT molecular complexity index is 550. The van der Waals surface area contributed by atoms with Crippen molar-refractivity contribution in [2.75, 3.05) is 0 Å². The minimum Gasteiger partial charge on any atom is -0.191 e. The molecule has 0 atom stereocenters. The molecule has 0 radical (unpaired) electrons. The third-order valence-corrected chi connectivity index (χ3v) is 2.68. The van der Waals surface area contributed by atoms with Crippen LogP contribution in [0.4, 0.5) is 0 Å². The highest BCUT2D eigenvalue weighted by Gasteiger charge is 2.02. The van der Waals surface area contributed by atoms with Crippen LogP contribution in [-0.2, 0) is 0 Å². The van der Waals surface area contributed by atoms with E-state index in [2.05, 4.69) is 36.2 Å². The molecule has 0 amide bonds. The van der Waals surface area contributed by atoms with Crippen molar-refractivity contribution in [3.8, 4) is 17.2 Å². The summed E-state index contributed by atoms with van der Waals surface area (Å²) < 4.78 is 0. The maximum Gasteiger partial charge on any atom is 0.163 e. The van der Waals surface area contributed by atoms with Crippen molar-refractivity contribution in [1.82, 2.24) is 10.2 Å². The van der Waals surface area contributed by atoms with E-state index < -0.39 is 0 Å².